The van der Waals surface area contributed by atoms with Crippen molar-refractivity contribution in [3.63, 3.8) is 0 Å². The van der Waals surface area contributed by atoms with Crippen LogP contribution in [0.3, 0.4) is 0 Å². The van der Waals surface area contributed by atoms with E-state index in [9.17, 15) is 4.79 Å². The maximum Gasteiger partial charge on any atom is 0.229 e. The summed E-state index contributed by atoms with van der Waals surface area (Å²) in [6.45, 7) is 0. The molecule has 0 atom stereocenters. The standard InChI is InChI=1S/C26H20Cl2N4O/c27-20-8-6-17(7-9-20)13-24(33)19-10-18-5-4-16-2-1-3-21(11-16)31-26-29-15-23(28)25(32-26)30-22(12-18)14-19/h1-3,6-12,14-15H,4-5,13H2,(H2,29,30,31,32). The number of fused-ring (bicyclic) bond motifs is 6. The minimum Gasteiger partial charge on any atom is -0.339 e. The van der Waals surface area contributed by atoms with Crippen LogP contribution in [0.25, 0.3) is 0 Å². The topological polar surface area (TPSA) is 66.9 Å². The van der Waals surface area contributed by atoms with Crippen molar-refractivity contribution in [1.29, 1.82) is 0 Å². The summed E-state index contributed by atoms with van der Waals surface area (Å²) >= 11 is 12.3. The molecule has 0 spiro atoms. The van der Waals surface area contributed by atoms with Gasteiger partial charge in [-0.3, -0.25) is 4.79 Å². The predicted octanol–water partition coefficient (Wildman–Crippen LogP) is 6.79. The monoisotopic (exact) mass is 474 g/mol. The molecule has 0 saturated heterocycles. The number of nitrogens with zero attached hydrogens (tertiary/aromatic N) is 2. The van der Waals surface area contributed by atoms with Crippen LogP contribution in [0, 0.1) is 0 Å². The lowest BCUT2D eigenvalue weighted by molar-refractivity contribution is 0.0993. The van der Waals surface area contributed by atoms with Crippen molar-refractivity contribution < 1.29 is 4.79 Å². The van der Waals surface area contributed by atoms with Gasteiger partial charge in [-0.15, -0.1) is 0 Å². The van der Waals surface area contributed by atoms with Gasteiger partial charge in [0.15, 0.2) is 11.6 Å². The molecule has 4 aromatic rings. The number of ketones is 1. The minimum absolute atomic E-state index is 0.0321. The molecule has 0 amide bonds. The largest absolute Gasteiger partial charge is 0.339 e. The third kappa shape index (κ3) is 5.16. The molecule has 33 heavy (non-hydrogen) atoms. The zero-order valence-electron chi connectivity index (χ0n) is 17.6. The lowest BCUT2D eigenvalue weighted by Crippen LogP contribution is -2.06. The molecule has 6 bridgehead atoms. The number of rotatable bonds is 3. The lowest BCUT2D eigenvalue weighted by atomic mass is 9.97. The van der Waals surface area contributed by atoms with Crippen LogP contribution in [-0.2, 0) is 19.3 Å². The molecule has 1 aliphatic rings. The number of hydrogen-bond donors (Lipinski definition) is 2. The molecule has 3 aromatic carbocycles. The molecule has 0 fully saturated rings. The van der Waals surface area contributed by atoms with Gasteiger partial charge in [-0.05, 0) is 72.0 Å². The first-order valence-corrected chi connectivity index (χ1v) is 11.3. The Morgan fingerprint density at radius 3 is 2.52 bits per heavy atom. The number of aromatic nitrogens is 2. The first kappa shape index (κ1) is 21.4. The molecule has 1 aromatic heterocycles. The summed E-state index contributed by atoms with van der Waals surface area (Å²) in [4.78, 5) is 22.0. The number of Topliss-reactive ketones (excluding diaryl/α,β-unsaturated/α-hetero) is 1. The van der Waals surface area contributed by atoms with E-state index in [0.717, 1.165) is 35.3 Å². The van der Waals surface area contributed by atoms with Gasteiger partial charge in [-0.1, -0.05) is 47.5 Å². The number of halogens is 2. The number of hydrogen-bond acceptors (Lipinski definition) is 5. The molecule has 7 heteroatoms. The summed E-state index contributed by atoms with van der Waals surface area (Å²) in [5.74, 6) is 0.941. The Morgan fingerprint density at radius 1 is 0.879 bits per heavy atom. The van der Waals surface area contributed by atoms with E-state index in [-0.39, 0.29) is 5.78 Å². The molecule has 5 nitrogen and oxygen atoms in total. The maximum absolute atomic E-state index is 13.1. The van der Waals surface area contributed by atoms with Gasteiger partial charge in [-0.25, -0.2) is 4.98 Å². The van der Waals surface area contributed by atoms with Gasteiger partial charge in [0, 0.05) is 28.4 Å². The molecule has 164 valence electrons. The van der Waals surface area contributed by atoms with Crippen LogP contribution >= 0.6 is 23.2 Å². The van der Waals surface area contributed by atoms with E-state index in [0.29, 0.717) is 33.8 Å². The molecule has 0 unspecified atom stereocenters. The highest BCUT2D eigenvalue weighted by atomic mass is 35.5. The number of nitrogens with one attached hydrogen (secondary N) is 2. The van der Waals surface area contributed by atoms with E-state index in [4.69, 9.17) is 23.2 Å². The summed E-state index contributed by atoms with van der Waals surface area (Å²) in [5.41, 5.74) is 5.46. The second-order valence-electron chi connectivity index (χ2n) is 7.99. The Bertz CT molecular complexity index is 1340. The number of carbonyl (C=O) groups is 1. The minimum atomic E-state index is 0.0321. The lowest BCUT2D eigenvalue weighted by Gasteiger charge is -2.12. The van der Waals surface area contributed by atoms with Crippen LogP contribution in [0.1, 0.15) is 27.0 Å². The predicted molar refractivity (Wildman–Crippen MR) is 133 cm³/mol. The second kappa shape index (κ2) is 9.22. The van der Waals surface area contributed by atoms with Gasteiger partial charge in [0.2, 0.25) is 5.95 Å². The van der Waals surface area contributed by atoms with Crippen molar-refractivity contribution in [2.75, 3.05) is 10.6 Å². The Hall–Kier alpha value is -3.41. The van der Waals surface area contributed by atoms with Crippen LogP contribution in [0.2, 0.25) is 10.0 Å². The van der Waals surface area contributed by atoms with E-state index in [1.165, 1.54) is 5.56 Å². The molecule has 2 N–H and O–H groups in total. The summed E-state index contributed by atoms with van der Waals surface area (Å²) < 4.78 is 0. The second-order valence-corrected chi connectivity index (χ2v) is 8.83. The average Bonchev–Trinajstić information content (AvgIpc) is 2.81. The van der Waals surface area contributed by atoms with Crippen LogP contribution in [0.15, 0.2) is 72.9 Å². The quantitative estimate of drug-likeness (QED) is 0.319. The van der Waals surface area contributed by atoms with Gasteiger partial charge in [-0.2, -0.15) is 4.98 Å². The molecule has 0 aliphatic carbocycles. The molecular weight excluding hydrogens is 455 g/mol. The Labute approximate surface area is 201 Å². The summed E-state index contributed by atoms with van der Waals surface area (Å²) in [6, 6.07) is 21.3. The van der Waals surface area contributed by atoms with Gasteiger partial charge >= 0.3 is 0 Å². The van der Waals surface area contributed by atoms with Gasteiger partial charge in [0.05, 0.1) is 6.20 Å². The fourth-order valence-corrected chi connectivity index (χ4v) is 4.10. The molecule has 2 heterocycles. The summed E-state index contributed by atoms with van der Waals surface area (Å²) in [7, 11) is 0. The van der Waals surface area contributed by atoms with E-state index in [1.807, 2.05) is 42.5 Å². The zero-order valence-corrected chi connectivity index (χ0v) is 19.1. The maximum atomic E-state index is 13.1. The fourth-order valence-electron chi connectivity index (χ4n) is 3.83. The van der Waals surface area contributed by atoms with Crippen molar-refractivity contribution in [3.8, 4) is 0 Å². The van der Waals surface area contributed by atoms with Crippen molar-refractivity contribution in [2.45, 2.75) is 19.3 Å². The van der Waals surface area contributed by atoms with Crippen molar-refractivity contribution in [1.82, 2.24) is 9.97 Å². The number of aryl methyl sites for hydroxylation is 2. The van der Waals surface area contributed by atoms with Gasteiger partial charge in [0.25, 0.3) is 0 Å². The zero-order chi connectivity index (χ0) is 22.8. The summed E-state index contributed by atoms with van der Waals surface area (Å²) in [5, 5.41) is 7.55. The highest BCUT2D eigenvalue weighted by Crippen LogP contribution is 2.28. The smallest absolute Gasteiger partial charge is 0.229 e. The van der Waals surface area contributed by atoms with Crippen molar-refractivity contribution in [2.24, 2.45) is 0 Å². The van der Waals surface area contributed by atoms with Crippen molar-refractivity contribution in [3.05, 3.63) is 105 Å². The summed E-state index contributed by atoms with van der Waals surface area (Å²) in [6.07, 6.45) is 3.48. The van der Waals surface area contributed by atoms with Crippen LogP contribution < -0.4 is 10.6 Å². The number of benzene rings is 3. The third-order valence-electron chi connectivity index (χ3n) is 5.49. The molecule has 0 saturated carbocycles. The normalized spacial score (nSPS) is 12.4. The Kier molecular flexibility index (Phi) is 5.99. The first-order chi connectivity index (χ1) is 16.0. The molecule has 5 rings (SSSR count). The van der Waals surface area contributed by atoms with E-state index < -0.39 is 0 Å². The van der Waals surface area contributed by atoms with Crippen LogP contribution in [0.4, 0.5) is 23.1 Å². The molecule has 1 aliphatic heterocycles. The van der Waals surface area contributed by atoms with Crippen molar-refractivity contribution >= 4 is 52.1 Å². The van der Waals surface area contributed by atoms with Gasteiger partial charge in [0.1, 0.15) is 5.02 Å². The average molecular weight is 475 g/mol. The third-order valence-corrected chi connectivity index (χ3v) is 6.01. The molecular formula is C26H20Cl2N4O. The van der Waals surface area contributed by atoms with E-state index in [1.54, 1.807) is 18.3 Å². The first-order valence-electron chi connectivity index (χ1n) is 10.6. The van der Waals surface area contributed by atoms with E-state index in [2.05, 4.69) is 32.7 Å². The van der Waals surface area contributed by atoms with Crippen LogP contribution in [0.5, 0.6) is 0 Å². The number of anilines is 4. The SMILES string of the molecule is O=C(Cc1ccc(Cl)cc1)c1cc2cc(c1)Nc1nc(ncc1Cl)Nc1cccc(c1)CC2. The fraction of sp³-hybridized carbons (Fsp3) is 0.115. The number of carbonyl (C=O) groups excluding carboxylic acids is 1. The Morgan fingerprint density at radius 2 is 1.67 bits per heavy atom. The highest BCUT2D eigenvalue weighted by Gasteiger charge is 2.14. The van der Waals surface area contributed by atoms with Crippen LogP contribution in [-0.4, -0.2) is 15.8 Å². The Balaban J connectivity index is 1.53. The molecule has 0 radical (unpaired) electrons. The van der Waals surface area contributed by atoms with Gasteiger partial charge < -0.3 is 10.6 Å². The van der Waals surface area contributed by atoms with E-state index >= 15 is 0 Å². The highest BCUT2D eigenvalue weighted by molar-refractivity contribution is 6.33.